The number of benzene rings is 4. The highest BCUT2D eigenvalue weighted by molar-refractivity contribution is 6.10. The molecule has 42 heavy (non-hydrogen) atoms. The molecule has 10 heteroatoms. The summed E-state index contributed by atoms with van der Waals surface area (Å²) in [6, 6.07) is 21.8. The number of anilines is 1. The molecule has 0 heterocycles. The Bertz CT molecular complexity index is 1810. The van der Waals surface area contributed by atoms with Crippen LogP contribution in [0.4, 0.5) is 11.4 Å². The Balaban J connectivity index is 0.000000231. The van der Waals surface area contributed by atoms with Crippen molar-refractivity contribution < 1.29 is 20.1 Å². The van der Waals surface area contributed by atoms with Gasteiger partial charge in [-0.1, -0.05) is 62.4 Å². The van der Waals surface area contributed by atoms with Crippen LogP contribution in [0.2, 0.25) is 0 Å². The second kappa shape index (κ2) is 14.1. The van der Waals surface area contributed by atoms with E-state index in [0.717, 1.165) is 34.7 Å². The monoisotopic (exact) mass is 562 g/mol. The van der Waals surface area contributed by atoms with E-state index in [1.807, 2.05) is 62.4 Å². The molecule has 0 aliphatic heterocycles. The van der Waals surface area contributed by atoms with Crippen LogP contribution in [0, 0.1) is 22.7 Å². The Morgan fingerprint density at radius 2 is 1.33 bits per heavy atom. The van der Waals surface area contributed by atoms with Crippen molar-refractivity contribution in [1.29, 1.82) is 10.5 Å². The minimum absolute atomic E-state index is 0.00930. The third-order valence-corrected chi connectivity index (χ3v) is 6.38. The van der Waals surface area contributed by atoms with Gasteiger partial charge >= 0.3 is 0 Å². The molecule has 0 amide bonds. The highest BCUT2D eigenvalue weighted by Crippen LogP contribution is 2.38. The first-order chi connectivity index (χ1) is 20.2. The second-order valence-corrected chi connectivity index (χ2v) is 9.12. The first kappa shape index (κ1) is 30.8. The Kier molecular flexibility index (Phi) is 10.3. The molecule has 4 rings (SSSR count). The number of hydrogen-bond donors (Lipinski definition) is 4. The Morgan fingerprint density at radius 3 is 1.81 bits per heavy atom. The maximum atomic E-state index is 11.4. The number of aryl methyl sites for hydroxylation is 2. The topological polar surface area (TPSA) is 174 Å². The zero-order valence-electron chi connectivity index (χ0n) is 23.7. The van der Waals surface area contributed by atoms with Gasteiger partial charge in [-0.3, -0.25) is 10.2 Å². The molecule has 0 radical (unpaired) electrons. The minimum atomic E-state index is -0.389. The Hall–Kier alpha value is -5.74. The lowest BCUT2D eigenvalue weighted by atomic mass is 10.0. The number of fused-ring (bicyclic) bond motifs is 2. The van der Waals surface area contributed by atoms with Gasteiger partial charge in [0.25, 0.3) is 0 Å². The molecule has 0 bridgehead atoms. The van der Waals surface area contributed by atoms with Gasteiger partial charge in [-0.25, -0.2) is 0 Å². The van der Waals surface area contributed by atoms with Crippen LogP contribution < -0.4 is 5.43 Å². The summed E-state index contributed by atoms with van der Waals surface area (Å²) >= 11 is 0. The van der Waals surface area contributed by atoms with E-state index in [4.69, 9.17) is 10.5 Å². The number of hydrazone groups is 1. The number of azo groups is 1. The van der Waals surface area contributed by atoms with Crippen molar-refractivity contribution >= 4 is 44.4 Å². The van der Waals surface area contributed by atoms with Crippen molar-refractivity contribution in [2.24, 2.45) is 15.3 Å². The van der Waals surface area contributed by atoms with Crippen molar-refractivity contribution in [2.45, 2.75) is 40.5 Å². The summed E-state index contributed by atoms with van der Waals surface area (Å²) in [5.41, 5.74) is 4.88. The molecule has 0 atom stereocenters. The molecular formula is C32H30N6O4. The molecule has 4 aromatic rings. The van der Waals surface area contributed by atoms with Gasteiger partial charge in [0, 0.05) is 17.7 Å². The number of ketones is 1. The van der Waals surface area contributed by atoms with E-state index in [1.165, 1.54) is 13.8 Å². The number of nitriles is 2. The van der Waals surface area contributed by atoms with Crippen LogP contribution in [-0.4, -0.2) is 26.8 Å². The lowest BCUT2D eigenvalue weighted by Gasteiger charge is -2.11. The van der Waals surface area contributed by atoms with Gasteiger partial charge in [-0.15, -0.1) is 10.2 Å². The summed E-state index contributed by atoms with van der Waals surface area (Å²) in [6.07, 6.45) is 1.57. The number of nitrogens with zero attached hydrogens (tertiary/aromatic N) is 5. The van der Waals surface area contributed by atoms with Gasteiger partial charge in [0.15, 0.2) is 17.2 Å². The quantitative estimate of drug-likeness (QED) is 0.0450. The minimum Gasteiger partial charge on any atom is -0.510 e. The van der Waals surface area contributed by atoms with Gasteiger partial charge in [-0.2, -0.15) is 15.6 Å². The third-order valence-electron chi connectivity index (χ3n) is 6.38. The summed E-state index contributed by atoms with van der Waals surface area (Å²) in [7, 11) is 0. The standard InChI is InChI=1S/C17H18N2O3.C15H12N4O/c1-4-12-9-15(18-19-16(10(2)20)11(3)21)17(22)14-8-6-5-7-13(12)14;1-2-10-7-14(19-18-11(8-16)9-17)15(20)13-6-4-3-5-12(10)13/h5-9,20,22H,4H2,1-3H3;3-7,19-20H,2H2,1H3. The van der Waals surface area contributed by atoms with E-state index in [-0.39, 0.29) is 40.1 Å². The van der Waals surface area contributed by atoms with Crippen LogP contribution in [0.15, 0.2) is 87.4 Å². The number of nitrogens with one attached hydrogen (secondary N) is 1. The average Bonchev–Trinajstić information content (AvgIpc) is 3.00. The molecule has 0 saturated heterocycles. The maximum Gasteiger partial charge on any atom is 0.237 e. The highest BCUT2D eigenvalue weighted by Gasteiger charge is 2.12. The highest BCUT2D eigenvalue weighted by atomic mass is 16.3. The van der Waals surface area contributed by atoms with Gasteiger partial charge in [0.2, 0.25) is 5.71 Å². The predicted molar refractivity (Wildman–Crippen MR) is 163 cm³/mol. The number of allylic oxidation sites excluding steroid dienone is 2. The summed E-state index contributed by atoms with van der Waals surface area (Å²) < 4.78 is 0. The first-order valence-corrected chi connectivity index (χ1v) is 13.1. The average molecular weight is 563 g/mol. The lowest BCUT2D eigenvalue weighted by Crippen LogP contribution is -1.98. The van der Waals surface area contributed by atoms with Crippen LogP contribution in [-0.2, 0) is 17.6 Å². The summed E-state index contributed by atoms with van der Waals surface area (Å²) in [5, 5.41) is 62.0. The van der Waals surface area contributed by atoms with Crippen molar-refractivity contribution in [3.63, 3.8) is 0 Å². The number of hydrogen-bond acceptors (Lipinski definition) is 10. The maximum absolute atomic E-state index is 11.4. The van der Waals surface area contributed by atoms with E-state index in [9.17, 15) is 20.1 Å². The fraction of sp³-hybridized carbons (Fsp3) is 0.188. The summed E-state index contributed by atoms with van der Waals surface area (Å²) in [5.74, 6) is -0.529. The summed E-state index contributed by atoms with van der Waals surface area (Å²) in [4.78, 5) is 11.4. The molecule has 0 aliphatic carbocycles. The first-order valence-electron chi connectivity index (χ1n) is 13.1. The van der Waals surface area contributed by atoms with Gasteiger partial charge in [0.1, 0.15) is 29.3 Å². The SMILES string of the molecule is CCc1cc(N=NC(C(C)=O)=C(C)O)c(O)c2ccccc12.CCc1cc(NN=C(C#N)C#N)c(O)c2ccccc12. The van der Waals surface area contributed by atoms with Crippen LogP contribution in [0.1, 0.15) is 38.8 Å². The molecule has 4 N–H and O–H groups in total. The molecule has 0 aromatic heterocycles. The van der Waals surface area contributed by atoms with E-state index < -0.39 is 0 Å². The normalized spacial score (nSPS) is 11.2. The molecule has 0 spiro atoms. The van der Waals surface area contributed by atoms with Crippen LogP contribution >= 0.6 is 0 Å². The third kappa shape index (κ3) is 6.87. The van der Waals surface area contributed by atoms with Crippen LogP contribution in [0.25, 0.3) is 21.5 Å². The predicted octanol–water partition coefficient (Wildman–Crippen LogP) is 7.49. The van der Waals surface area contributed by atoms with Gasteiger partial charge in [0.05, 0.1) is 5.69 Å². The molecule has 0 fully saturated rings. The van der Waals surface area contributed by atoms with Gasteiger partial charge in [-0.05, 0) is 53.8 Å². The number of carbonyl (C=O) groups is 1. The number of phenolic OH excluding ortho intramolecular Hbond substituents is 2. The second-order valence-electron chi connectivity index (χ2n) is 9.12. The number of Topliss-reactive ketones (excluding diaryl/α,β-unsaturated/α-hetero) is 1. The van der Waals surface area contributed by atoms with Crippen LogP contribution in [0.3, 0.4) is 0 Å². The molecule has 10 nitrogen and oxygen atoms in total. The van der Waals surface area contributed by atoms with Crippen molar-refractivity contribution in [2.75, 3.05) is 5.43 Å². The fourth-order valence-corrected chi connectivity index (χ4v) is 4.29. The number of rotatable bonds is 7. The smallest absolute Gasteiger partial charge is 0.237 e. The molecule has 0 saturated carbocycles. The van der Waals surface area contributed by atoms with Crippen LogP contribution in [0.5, 0.6) is 11.5 Å². The van der Waals surface area contributed by atoms with E-state index >= 15 is 0 Å². The van der Waals surface area contributed by atoms with Crippen molar-refractivity contribution in [3.05, 3.63) is 83.2 Å². The number of aliphatic hydroxyl groups excluding tert-OH is 1. The molecular weight excluding hydrogens is 532 g/mol. The number of aromatic hydroxyl groups is 2. The van der Waals surface area contributed by atoms with E-state index in [1.54, 1.807) is 24.3 Å². The lowest BCUT2D eigenvalue weighted by molar-refractivity contribution is -0.113. The molecule has 0 unspecified atom stereocenters. The summed E-state index contributed by atoms with van der Waals surface area (Å²) in [6.45, 7) is 6.69. The fourth-order valence-electron chi connectivity index (χ4n) is 4.29. The number of carbonyl (C=O) groups excluding carboxylic acids is 1. The number of aliphatic hydroxyl groups is 1. The van der Waals surface area contributed by atoms with E-state index in [2.05, 4.69) is 20.8 Å². The van der Waals surface area contributed by atoms with Crippen molar-refractivity contribution in [1.82, 2.24) is 0 Å². The molecule has 0 aliphatic rings. The Morgan fingerprint density at radius 1 is 0.833 bits per heavy atom. The Labute approximate surface area is 243 Å². The largest absolute Gasteiger partial charge is 0.510 e. The molecule has 4 aromatic carbocycles. The van der Waals surface area contributed by atoms with Gasteiger partial charge < -0.3 is 15.3 Å². The zero-order valence-corrected chi connectivity index (χ0v) is 23.7. The van der Waals surface area contributed by atoms with Crippen molar-refractivity contribution in [3.8, 4) is 23.6 Å². The number of phenols is 2. The van der Waals surface area contributed by atoms with E-state index in [0.29, 0.717) is 16.5 Å². The zero-order chi connectivity index (χ0) is 30.8. The molecule has 212 valence electrons.